The number of anilines is 1. The second-order valence-corrected chi connectivity index (χ2v) is 5.67. The summed E-state index contributed by atoms with van der Waals surface area (Å²) in [7, 11) is 0. The van der Waals surface area contributed by atoms with Crippen LogP contribution in [0.3, 0.4) is 0 Å². The van der Waals surface area contributed by atoms with Crippen LogP contribution in [0.2, 0.25) is 10.0 Å². The molecular weight excluding hydrogens is 309 g/mol. The third-order valence-corrected chi connectivity index (χ3v) is 3.62. The van der Waals surface area contributed by atoms with Crippen molar-refractivity contribution < 1.29 is 9.53 Å². The summed E-state index contributed by atoms with van der Waals surface area (Å²) < 4.78 is 5.54. The van der Waals surface area contributed by atoms with E-state index in [2.05, 4.69) is 0 Å². The van der Waals surface area contributed by atoms with Crippen LogP contribution in [0, 0.1) is 0 Å². The Morgan fingerprint density at radius 3 is 2.24 bits per heavy atom. The van der Waals surface area contributed by atoms with Crippen LogP contribution in [-0.2, 0) is 0 Å². The van der Waals surface area contributed by atoms with Gasteiger partial charge in [0.2, 0.25) is 0 Å². The third kappa shape index (κ3) is 3.69. The molecule has 5 heteroatoms. The van der Waals surface area contributed by atoms with E-state index in [-0.39, 0.29) is 27.6 Å². The van der Waals surface area contributed by atoms with E-state index in [9.17, 15) is 4.79 Å². The van der Waals surface area contributed by atoms with Crippen molar-refractivity contribution in [1.29, 1.82) is 0 Å². The second kappa shape index (κ2) is 6.37. The normalized spacial score (nSPS) is 10.7. The van der Waals surface area contributed by atoms with Gasteiger partial charge in [-0.05, 0) is 50.2 Å². The zero-order chi connectivity index (χ0) is 15.6. The van der Waals surface area contributed by atoms with Crippen molar-refractivity contribution in [1.82, 2.24) is 0 Å². The Hall–Kier alpha value is -1.71. The van der Waals surface area contributed by atoms with Gasteiger partial charge in [0.25, 0.3) is 0 Å². The molecule has 0 unspecified atom stereocenters. The van der Waals surface area contributed by atoms with Gasteiger partial charge < -0.3 is 10.5 Å². The van der Waals surface area contributed by atoms with Crippen LogP contribution >= 0.6 is 23.2 Å². The zero-order valence-corrected chi connectivity index (χ0v) is 13.2. The fourth-order valence-corrected chi connectivity index (χ4v) is 2.20. The number of benzene rings is 2. The maximum Gasteiger partial charge on any atom is 0.193 e. The summed E-state index contributed by atoms with van der Waals surface area (Å²) in [5, 5.41) is 0.522. The topological polar surface area (TPSA) is 52.3 Å². The maximum absolute atomic E-state index is 12.4. The molecular formula is C16H15Cl2NO2. The van der Waals surface area contributed by atoms with Crippen LogP contribution in [0.1, 0.15) is 29.8 Å². The van der Waals surface area contributed by atoms with Gasteiger partial charge in [0.1, 0.15) is 5.75 Å². The van der Waals surface area contributed by atoms with Crippen LogP contribution in [0.25, 0.3) is 0 Å². The molecule has 0 amide bonds. The number of halogens is 2. The molecule has 0 atom stereocenters. The molecule has 21 heavy (non-hydrogen) atoms. The molecule has 0 fully saturated rings. The van der Waals surface area contributed by atoms with E-state index in [0.717, 1.165) is 5.75 Å². The first-order valence-electron chi connectivity index (χ1n) is 6.44. The van der Waals surface area contributed by atoms with E-state index in [4.69, 9.17) is 33.7 Å². The summed E-state index contributed by atoms with van der Waals surface area (Å²) in [5.41, 5.74) is 6.95. The van der Waals surface area contributed by atoms with Gasteiger partial charge in [-0.15, -0.1) is 0 Å². The predicted octanol–water partition coefficient (Wildman–Crippen LogP) is 4.59. The highest BCUT2D eigenvalue weighted by atomic mass is 35.5. The van der Waals surface area contributed by atoms with Gasteiger partial charge in [-0.1, -0.05) is 23.2 Å². The molecule has 2 rings (SSSR count). The summed E-state index contributed by atoms with van der Waals surface area (Å²) in [6.07, 6.45) is 0.0846. The first kappa shape index (κ1) is 15.7. The number of hydrogen-bond donors (Lipinski definition) is 1. The largest absolute Gasteiger partial charge is 0.491 e. The molecule has 0 saturated heterocycles. The van der Waals surface area contributed by atoms with E-state index < -0.39 is 0 Å². The minimum absolute atomic E-state index is 0.0846. The number of ketones is 1. The van der Waals surface area contributed by atoms with E-state index in [1.165, 1.54) is 12.1 Å². The van der Waals surface area contributed by atoms with Crippen LogP contribution in [0.4, 0.5) is 5.69 Å². The molecule has 0 aliphatic heterocycles. The lowest BCUT2D eigenvalue weighted by molar-refractivity contribution is 0.103. The average molecular weight is 324 g/mol. The van der Waals surface area contributed by atoms with E-state index in [1.54, 1.807) is 24.3 Å². The molecule has 0 radical (unpaired) electrons. The molecule has 3 nitrogen and oxygen atoms in total. The van der Waals surface area contributed by atoms with Gasteiger partial charge in [-0.2, -0.15) is 0 Å². The molecule has 0 aromatic heterocycles. The van der Waals surface area contributed by atoms with Crippen LogP contribution in [0.5, 0.6) is 5.75 Å². The molecule has 2 aromatic rings. The van der Waals surface area contributed by atoms with Crippen molar-refractivity contribution in [3.8, 4) is 5.75 Å². The van der Waals surface area contributed by atoms with Crippen molar-refractivity contribution >= 4 is 34.7 Å². The number of hydrogen-bond acceptors (Lipinski definition) is 3. The highest BCUT2D eigenvalue weighted by Crippen LogP contribution is 2.30. The number of rotatable bonds is 4. The van der Waals surface area contributed by atoms with Crippen molar-refractivity contribution in [3.63, 3.8) is 0 Å². The fraction of sp³-hybridized carbons (Fsp3) is 0.188. The van der Waals surface area contributed by atoms with Gasteiger partial charge in [-0.3, -0.25) is 4.79 Å². The molecule has 0 heterocycles. The number of carbonyl (C=O) groups is 1. The first-order valence-corrected chi connectivity index (χ1v) is 7.20. The maximum atomic E-state index is 12.4. The van der Waals surface area contributed by atoms with Crippen molar-refractivity contribution in [2.45, 2.75) is 20.0 Å². The number of nitrogens with two attached hydrogens (primary N) is 1. The van der Waals surface area contributed by atoms with Crippen molar-refractivity contribution in [3.05, 3.63) is 57.6 Å². The van der Waals surface area contributed by atoms with E-state index >= 15 is 0 Å². The number of nitrogen functional groups attached to an aromatic ring is 1. The molecule has 2 N–H and O–H groups in total. The zero-order valence-electron chi connectivity index (χ0n) is 11.7. The van der Waals surface area contributed by atoms with Gasteiger partial charge >= 0.3 is 0 Å². The van der Waals surface area contributed by atoms with E-state index in [0.29, 0.717) is 11.1 Å². The highest BCUT2D eigenvalue weighted by molar-refractivity contribution is 6.44. The molecule has 2 aromatic carbocycles. The van der Waals surface area contributed by atoms with Gasteiger partial charge in [0, 0.05) is 11.1 Å². The lowest BCUT2D eigenvalue weighted by atomic mass is 10.0. The Balaban J connectivity index is 2.28. The van der Waals surface area contributed by atoms with Crippen molar-refractivity contribution in [2.24, 2.45) is 0 Å². The second-order valence-electron chi connectivity index (χ2n) is 4.88. The molecule has 0 aliphatic carbocycles. The minimum atomic E-state index is -0.170. The fourth-order valence-electron chi connectivity index (χ4n) is 1.87. The average Bonchev–Trinajstić information content (AvgIpc) is 2.43. The van der Waals surface area contributed by atoms with Crippen LogP contribution < -0.4 is 10.5 Å². The third-order valence-electron chi connectivity index (χ3n) is 2.81. The van der Waals surface area contributed by atoms with Crippen molar-refractivity contribution in [2.75, 3.05) is 5.73 Å². The summed E-state index contributed by atoms with van der Waals surface area (Å²) in [5.74, 6) is 0.548. The molecule has 0 spiro atoms. The Morgan fingerprint density at radius 2 is 1.71 bits per heavy atom. The number of carbonyl (C=O) groups excluding carboxylic acids is 1. The Kier molecular flexibility index (Phi) is 4.76. The lowest BCUT2D eigenvalue weighted by Gasteiger charge is -2.10. The number of ether oxygens (including phenoxy) is 1. The molecule has 110 valence electrons. The summed E-state index contributed by atoms with van der Waals surface area (Å²) >= 11 is 11.8. The van der Waals surface area contributed by atoms with Crippen LogP contribution in [0.15, 0.2) is 36.4 Å². The standard InChI is InChI=1S/C16H15Cl2NO2/c1-9(2)21-12-5-3-10(4-6-12)16(20)11-7-13(17)15(18)14(19)8-11/h3-9H,19H2,1-2H3. The Labute approximate surface area is 133 Å². The lowest BCUT2D eigenvalue weighted by Crippen LogP contribution is -2.06. The van der Waals surface area contributed by atoms with Gasteiger partial charge in [0.15, 0.2) is 5.78 Å². The highest BCUT2D eigenvalue weighted by Gasteiger charge is 2.13. The molecule has 0 aliphatic rings. The first-order chi connectivity index (χ1) is 9.88. The summed E-state index contributed by atoms with van der Waals surface area (Å²) in [4.78, 5) is 12.4. The van der Waals surface area contributed by atoms with Gasteiger partial charge in [-0.25, -0.2) is 0 Å². The Morgan fingerprint density at radius 1 is 1.10 bits per heavy atom. The summed E-state index contributed by atoms with van der Waals surface area (Å²) in [6.45, 7) is 3.88. The quantitative estimate of drug-likeness (QED) is 0.661. The summed E-state index contributed by atoms with van der Waals surface area (Å²) in [6, 6.07) is 9.97. The molecule has 0 bridgehead atoms. The molecule has 0 saturated carbocycles. The smallest absolute Gasteiger partial charge is 0.193 e. The van der Waals surface area contributed by atoms with Gasteiger partial charge in [0.05, 0.1) is 21.8 Å². The Bertz CT molecular complexity index is 643. The van der Waals surface area contributed by atoms with Crippen LogP contribution in [-0.4, -0.2) is 11.9 Å². The minimum Gasteiger partial charge on any atom is -0.491 e. The van der Waals surface area contributed by atoms with E-state index in [1.807, 2.05) is 13.8 Å². The SMILES string of the molecule is CC(C)Oc1ccc(C(=O)c2cc(N)c(Cl)c(Cl)c2)cc1. The predicted molar refractivity (Wildman–Crippen MR) is 86.5 cm³/mol. The monoisotopic (exact) mass is 323 g/mol.